The average molecular weight is 344 g/mol. The molecule has 0 aromatic rings. The minimum atomic E-state index is 0. The molecule has 3 saturated heterocycles. The van der Waals surface area contributed by atoms with Crippen molar-refractivity contribution in [2.24, 2.45) is 17.3 Å². The number of nitrogens with zero attached hydrogens (tertiary/aromatic N) is 2. The van der Waals surface area contributed by atoms with Crippen LogP contribution in [-0.2, 0) is 4.79 Å². The van der Waals surface area contributed by atoms with E-state index in [9.17, 15) is 4.79 Å². The van der Waals surface area contributed by atoms with Crippen molar-refractivity contribution in [2.75, 3.05) is 45.8 Å². The molecule has 4 nitrogen and oxygen atoms in total. The van der Waals surface area contributed by atoms with Gasteiger partial charge in [-0.25, -0.2) is 0 Å². The largest absolute Gasteiger partial charge is 0.342 e. The van der Waals surface area contributed by atoms with E-state index < -0.39 is 0 Å². The quantitative estimate of drug-likeness (QED) is 0.854. The van der Waals surface area contributed by atoms with E-state index in [2.05, 4.69) is 29.0 Å². The Kier molecular flexibility index (Phi) is 6.76. The van der Waals surface area contributed by atoms with Gasteiger partial charge in [0, 0.05) is 32.1 Å². The number of rotatable bonds is 3. The molecule has 3 rings (SSSR count). The molecule has 0 bridgehead atoms. The molecule has 1 atom stereocenters. The van der Waals surface area contributed by atoms with Crippen LogP contribution in [0, 0.1) is 17.3 Å². The first-order valence-electron chi connectivity index (χ1n) is 9.28. The molecule has 3 aliphatic rings. The van der Waals surface area contributed by atoms with E-state index in [0.717, 1.165) is 51.5 Å². The maximum absolute atomic E-state index is 12.7. The summed E-state index contributed by atoms with van der Waals surface area (Å²) in [5.41, 5.74) is 0.444. The molecule has 3 fully saturated rings. The smallest absolute Gasteiger partial charge is 0.225 e. The van der Waals surface area contributed by atoms with Gasteiger partial charge in [0.1, 0.15) is 0 Å². The molecule has 0 aromatic heterocycles. The Labute approximate surface area is 147 Å². The summed E-state index contributed by atoms with van der Waals surface area (Å²) in [4.78, 5) is 17.4. The van der Waals surface area contributed by atoms with Gasteiger partial charge >= 0.3 is 0 Å². The number of hydrogen-bond donors (Lipinski definition) is 1. The first-order valence-corrected chi connectivity index (χ1v) is 9.28. The van der Waals surface area contributed by atoms with Gasteiger partial charge in [0.05, 0.1) is 0 Å². The van der Waals surface area contributed by atoms with Gasteiger partial charge in [0.2, 0.25) is 5.91 Å². The highest BCUT2D eigenvalue weighted by atomic mass is 35.5. The molecule has 1 unspecified atom stereocenters. The summed E-state index contributed by atoms with van der Waals surface area (Å²) in [6.07, 6.45) is 5.80. The van der Waals surface area contributed by atoms with Crippen molar-refractivity contribution in [3.63, 3.8) is 0 Å². The second-order valence-corrected chi connectivity index (χ2v) is 8.30. The van der Waals surface area contributed by atoms with Crippen LogP contribution in [0.5, 0.6) is 0 Å². The third-order valence-corrected chi connectivity index (χ3v) is 6.09. The summed E-state index contributed by atoms with van der Waals surface area (Å²) in [6.45, 7) is 12.4. The van der Waals surface area contributed by atoms with E-state index in [1.54, 1.807) is 0 Å². The van der Waals surface area contributed by atoms with Gasteiger partial charge in [-0.2, -0.15) is 0 Å². The van der Waals surface area contributed by atoms with Gasteiger partial charge in [-0.1, -0.05) is 13.8 Å². The summed E-state index contributed by atoms with van der Waals surface area (Å²) in [6, 6.07) is 0. The third-order valence-electron chi connectivity index (χ3n) is 6.09. The Morgan fingerprint density at radius 3 is 2.35 bits per heavy atom. The van der Waals surface area contributed by atoms with E-state index in [0.29, 0.717) is 17.2 Å². The van der Waals surface area contributed by atoms with Gasteiger partial charge in [-0.15, -0.1) is 12.4 Å². The van der Waals surface area contributed by atoms with Crippen molar-refractivity contribution in [2.45, 2.75) is 46.0 Å². The molecule has 0 saturated carbocycles. The van der Waals surface area contributed by atoms with E-state index in [1.807, 2.05) is 0 Å². The SMILES string of the molecule is CC1CCN(C(=O)C2CCN(CC3(C)CCNC3)CC2)CC1.Cl. The maximum atomic E-state index is 12.7. The average Bonchev–Trinajstić information content (AvgIpc) is 2.94. The molecule has 23 heavy (non-hydrogen) atoms. The van der Waals surface area contributed by atoms with Crippen LogP contribution in [0.1, 0.15) is 46.0 Å². The Morgan fingerprint density at radius 2 is 1.78 bits per heavy atom. The lowest BCUT2D eigenvalue weighted by Gasteiger charge is -2.39. The topological polar surface area (TPSA) is 35.6 Å². The minimum absolute atomic E-state index is 0. The highest BCUT2D eigenvalue weighted by molar-refractivity contribution is 5.85. The van der Waals surface area contributed by atoms with Crippen LogP contribution < -0.4 is 5.32 Å². The molecule has 0 aliphatic carbocycles. The molecule has 134 valence electrons. The molecule has 0 aromatic carbocycles. The van der Waals surface area contributed by atoms with Gasteiger partial charge in [-0.05, 0) is 63.1 Å². The number of nitrogens with one attached hydrogen (secondary N) is 1. The second-order valence-electron chi connectivity index (χ2n) is 8.30. The molecular formula is C18H34ClN3O. The fourth-order valence-corrected chi connectivity index (χ4v) is 4.37. The summed E-state index contributed by atoms with van der Waals surface area (Å²) < 4.78 is 0. The maximum Gasteiger partial charge on any atom is 0.225 e. The van der Waals surface area contributed by atoms with Crippen LogP contribution >= 0.6 is 12.4 Å². The highest BCUT2D eigenvalue weighted by Gasteiger charge is 2.34. The van der Waals surface area contributed by atoms with Crippen LogP contribution in [-0.4, -0.2) is 61.5 Å². The molecule has 0 spiro atoms. The summed E-state index contributed by atoms with van der Waals surface area (Å²) in [5.74, 6) is 1.53. The van der Waals surface area contributed by atoms with Gasteiger partial charge in [0.15, 0.2) is 0 Å². The molecule has 5 heteroatoms. The Morgan fingerprint density at radius 1 is 1.13 bits per heavy atom. The molecule has 3 heterocycles. The summed E-state index contributed by atoms with van der Waals surface area (Å²) in [7, 11) is 0. The van der Waals surface area contributed by atoms with Crippen LogP contribution in [0.4, 0.5) is 0 Å². The number of likely N-dealkylation sites (tertiary alicyclic amines) is 2. The fraction of sp³-hybridized carbons (Fsp3) is 0.944. The first-order chi connectivity index (χ1) is 10.6. The van der Waals surface area contributed by atoms with Crippen molar-refractivity contribution >= 4 is 18.3 Å². The van der Waals surface area contributed by atoms with Crippen LogP contribution in [0.25, 0.3) is 0 Å². The third kappa shape index (κ3) is 4.83. The van der Waals surface area contributed by atoms with Crippen LogP contribution in [0.2, 0.25) is 0 Å². The Balaban J connectivity index is 0.00000192. The first kappa shape index (κ1) is 19.0. The van der Waals surface area contributed by atoms with E-state index in [4.69, 9.17) is 0 Å². The van der Waals surface area contributed by atoms with E-state index >= 15 is 0 Å². The lowest BCUT2D eigenvalue weighted by molar-refractivity contribution is -0.138. The van der Waals surface area contributed by atoms with Gasteiger partial charge < -0.3 is 15.1 Å². The Bertz CT molecular complexity index is 382. The van der Waals surface area contributed by atoms with Crippen LogP contribution in [0.3, 0.4) is 0 Å². The highest BCUT2D eigenvalue weighted by Crippen LogP contribution is 2.29. The number of carbonyl (C=O) groups excluding carboxylic acids is 1. The number of hydrogen-bond acceptors (Lipinski definition) is 3. The van der Waals surface area contributed by atoms with Crippen LogP contribution in [0.15, 0.2) is 0 Å². The zero-order valence-corrected chi connectivity index (χ0v) is 15.7. The van der Waals surface area contributed by atoms with Crippen molar-refractivity contribution < 1.29 is 4.79 Å². The van der Waals surface area contributed by atoms with Crippen molar-refractivity contribution in [3.05, 3.63) is 0 Å². The standard InChI is InChI=1S/C18H33N3O.ClH/c1-15-3-11-21(12-4-15)17(22)16-5-9-20(10-6-16)14-18(2)7-8-19-13-18;/h15-16,19H,3-14H2,1-2H3;1H. The zero-order chi connectivity index (χ0) is 15.6. The van der Waals surface area contributed by atoms with E-state index in [-0.39, 0.29) is 12.4 Å². The van der Waals surface area contributed by atoms with Crippen molar-refractivity contribution in [1.29, 1.82) is 0 Å². The number of halogens is 1. The lowest BCUT2D eigenvalue weighted by atomic mass is 9.87. The van der Waals surface area contributed by atoms with Crippen molar-refractivity contribution in [3.8, 4) is 0 Å². The van der Waals surface area contributed by atoms with Gasteiger partial charge in [-0.3, -0.25) is 4.79 Å². The molecule has 3 aliphatic heterocycles. The number of amides is 1. The second kappa shape index (κ2) is 8.17. The molecule has 1 N–H and O–H groups in total. The van der Waals surface area contributed by atoms with Crippen molar-refractivity contribution in [1.82, 2.24) is 15.1 Å². The molecule has 0 radical (unpaired) electrons. The Hall–Kier alpha value is -0.320. The normalized spacial score (nSPS) is 31.1. The van der Waals surface area contributed by atoms with Gasteiger partial charge in [0.25, 0.3) is 0 Å². The fourth-order valence-electron chi connectivity index (χ4n) is 4.37. The molecule has 1 amide bonds. The van der Waals surface area contributed by atoms with E-state index in [1.165, 1.54) is 32.4 Å². The zero-order valence-electron chi connectivity index (χ0n) is 14.9. The number of carbonyl (C=O) groups is 1. The number of piperidine rings is 2. The monoisotopic (exact) mass is 343 g/mol. The summed E-state index contributed by atoms with van der Waals surface area (Å²) >= 11 is 0. The minimum Gasteiger partial charge on any atom is -0.342 e. The molecular weight excluding hydrogens is 310 g/mol. The summed E-state index contributed by atoms with van der Waals surface area (Å²) in [5, 5.41) is 3.49. The lowest BCUT2D eigenvalue weighted by Crippen LogP contribution is -2.47. The predicted molar refractivity (Wildman–Crippen MR) is 97.0 cm³/mol. The predicted octanol–water partition coefficient (Wildman–Crippen LogP) is 2.38.